The molecule has 3 aromatic rings. The number of hydrogen-bond acceptors (Lipinski definition) is 6. The van der Waals surface area contributed by atoms with E-state index in [1.54, 1.807) is 17.4 Å². The molecule has 0 saturated heterocycles. The van der Waals surface area contributed by atoms with E-state index < -0.39 is 16.9 Å². The molecule has 1 aliphatic rings. The summed E-state index contributed by atoms with van der Waals surface area (Å²) in [5, 5.41) is 16.8. The van der Waals surface area contributed by atoms with Crippen molar-refractivity contribution in [2.45, 2.75) is 18.4 Å². The highest BCUT2D eigenvalue weighted by molar-refractivity contribution is 7.11. The first kappa shape index (κ1) is 16.3. The SMILES string of the molecule is O=C1C=C(c2cccs2)C[C@H](c2ccccc2)[C@H]1n1cnc([N+](=O)[O-])n1. The van der Waals surface area contributed by atoms with E-state index >= 15 is 0 Å². The second kappa shape index (κ2) is 6.64. The Morgan fingerprint density at radius 1 is 1.19 bits per heavy atom. The predicted molar refractivity (Wildman–Crippen MR) is 96.8 cm³/mol. The molecule has 1 aromatic carbocycles. The van der Waals surface area contributed by atoms with E-state index in [9.17, 15) is 14.9 Å². The summed E-state index contributed by atoms with van der Waals surface area (Å²) in [7, 11) is 0. The van der Waals surface area contributed by atoms with Crippen molar-refractivity contribution in [1.29, 1.82) is 0 Å². The van der Waals surface area contributed by atoms with Gasteiger partial charge in [-0.1, -0.05) is 41.4 Å². The topological polar surface area (TPSA) is 90.9 Å². The van der Waals surface area contributed by atoms with Gasteiger partial charge in [-0.3, -0.25) is 4.79 Å². The van der Waals surface area contributed by atoms with Gasteiger partial charge in [0.2, 0.25) is 6.33 Å². The molecule has 26 heavy (non-hydrogen) atoms. The van der Waals surface area contributed by atoms with Crippen LogP contribution in [0.25, 0.3) is 5.57 Å². The third-order valence-corrected chi connectivity index (χ3v) is 5.38. The third-order valence-electron chi connectivity index (χ3n) is 4.44. The molecule has 7 nitrogen and oxygen atoms in total. The van der Waals surface area contributed by atoms with Gasteiger partial charge in [0.15, 0.2) is 5.78 Å². The molecule has 0 aliphatic heterocycles. The third kappa shape index (κ3) is 2.95. The Labute approximate surface area is 152 Å². The molecule has 0 unspecified atom stereocenters. The molecular formula is C18H14N4O3S. The molecule has 8 heteroatoms. The summed E-state index contributed by atoms with van der Waals surface area (Å²) in [4.78, 5) is 27.9. The van der Waals surface area contributed by atoms with Crippen LogP contribution < -0.4 is 0 Å². The van der Waals surface area contributed by atoms with Crippen LogP contribution in [-0.4, -0.2) is 25.5 Å². The molecule has 2 aromatic heterocycles. The molecule has 0 amide bonds. The first-order valence-electron chi connectivity index (χ1n) is 8.02. The Kier molecular flexibility index (Phi) is 4.18. The van der Waals surface area contributed by atoms with Crippen LogP contribution in [0.1, 0.15) is 28.8 Å². The van der Waals surface area contributed by atoms with Crippen LogP contribution >= 0.6 is 11.3 Å². The van der Waals surface area contributed by atoms with Gasteiger partial charge < -0.3 is 10.1 Å². The Hall–Kier alpha value is -3.13. The Balaban J connectivity index is 1.78. The van der Waals surface area contributed by atoms with Crippen LogP contribution in [0.2, 0.25) is 0 Å². The fourth-order valence-electron chi connectivity index (χ4n) is 3.29. The number of benzene rings is 1. The zero-order valence-electron chi connectivity index (χ0n) is 13.6. The first-order chi connectivity index (χ1) is 12.6. The number of allylic oxidation sites excluding steroid dienone is 2. The number of carbonyl (C=O) groups excluding carboxylic acids is 1. The second-order valence-corrected chi connectivity index (χ2v) is 6.94. The Morgan fingerprint density at radius 3 is 2.65 bits per heavy atom. The van der Waals surface area contributed by atoms with Crippen LogP contribution in [-0.2, 0) is 4.79 Å². The van der Waals surface area contributed by atoms with Crippen LogP contribution in [0, 0.1) is 10.1 Å². The lowest BCUT2D eigenvalue weighted by Crippen LogP contribution is -2.29. The molecule has 4 rings (SSSR count). The molecule has 0 saturated carbocycles. The van der Waals surface area contributed by atoms with Crippen molar-refractivity contribution in [3.8, 4) is 0 Å². The van der Waals surface area contributed by atoms with E-state index in [0.717, 1.165) is 16.0 Å². The van der Waals surface area contributed by atoms with Crippen molar-refractivity contribution in [2.24, 2.45) is 0 Å². The quantitative estimate of drug-likeness (QED) is 0.519. The van der Waals surface area contributed by atoms with Gasteiger partial charge in [0.1, 0.15) is 6.04 Å². The first-order valence-corrected chi connectivity index (χ1v) is 8.90. The van der Waals surface area contributed by atoms with E-state index in [4.69, 9.17) is 0 Å². The van der Waals surface area contributed by atoms with Crippen molar-refractivity contribution in [3.63, 3.8) is 0 Å². The number of nitrogens with zero attached hydrogens (tertiary/aromatic N) is 4. The summed E-state index contributed by atoms with van der Waals surface area (Å²) < 4.78 is 1.32. The van der Waals surface area contributed by atoms with Gasteiger partial charge >= 0.3 is 5.95 Å². The molecule has 0 fully saturated rings. The van der Waals surface area contributed by atoms with E-state index in [1.807, 2.05) is 47.8 Å². The number of rotatable bonds is 4. The Bertz CT molecular complexity index is 979. The average molecular weight is 366 g/mol. The van der Waals surface area contributed by atoms with Crippen LogP contribution in [0.3, 0.4) is 0 Å². The molecule has 1 aliphatic carbocycles. The summed E-state index contributed by atoms with van der Waals surface area (Å²) >= 11 is 1.59. The summed E-state index contributed by atoms with van der Waals surface area (Å²) in [6, 6.07) is 13.0. The number of ketones is 1. The van der Waals surface area contributed by atoms with Crippen LogP contribution in [0.5, 0.6) is 0 Å². The van der Waals surface area contributed by atoms with Crippen molar-refractivity contribution in [2.75, 3.05) is 0 Å². The summed E-state index contributed by atoms with van der Waals surface area (Å²) in [6.45, 7) is 0. The summed E-state index contributed by atoms with van der Waals surface area (Å²) in [5.74, 6) is -0.807. The molecule has 0 spiro atoms. The maximum atomic E-state index is 12.9. The van der Waals surface area contributed by atoms with Crippen LogP contribution in [0.15, 0.2) is 60.2 Å². The van der Waals surface area contributed by atoms with Crippen molar-refractivity contribution in [1.82, 2.24) is 14.8 Å². The standard InChI is InChI=1S/C18H14N4O3S/c23-15-10-13(16-7-4-8-26-16)9-14(12-5-2-1-3-6-12)17(15)21-11-19-18(20-21)22(24)25/h1-8,10-11,14,17H,9H2/t14-,17-/m1/s1. The van der Waals surface area contributed by atoms with E-state index in [2.05, 4.69) is 10.1 Å². The minimum absolute atomic E-state index is 0.131. The highest BCUT2D eigenvalue weighted by Gasteiger charge is 2.38. The molecule has 2 atom stereocenters. The number of aromatic nitrogens is 3. The van der Waals surface area contributed by atoms with E-state index in [-0.39, 0.29) is 11.7 Å². The van der Waals surface area contributed by atoms with Gasteiger partial charge in [0.05, 0.1) is 0 Å². The predicted octanol–water partition coefficient (Wildman–Crippen LogP) is 3.63. The summed E-state index contributed by atoms with van der Waals surface area (Å²) in [5.41, 5.74) is 1.97. The molecule has 0 N–H and O–H groups in total. The fraction of sp³-hybridized carbons (Fsp3) is 0.167. The van der Waals surface area contributed by atoms with Crippen molar-refractivity contribution < 1.29 is 9.72 Å². The van der Waals surface area contributed by atoms with Crippen molar-refractivity contribution in [3.05, 3.63) is 80.8 Å². The molecule has 0 bridgehead atoms. The molecule has 0 radical (unpaired) electrons. The van der Waals surface area contributed by atoms with Gasteiger partial charge in [-0.05, 0) is 40.0 Å². The van der Waals surface area contributed by atoms with Crippen molar-refractivity contribution >= 4 is 28.6 Å². The minimum atomic E-state index is -0.658. The fourth-order valence-corrected chi connectivity index (χ4v) is 4.05. The van der Waals surface area contributed by atoms with Gasteiger partial charge in [0, 0.05) is 15.9 Å². The lowest BCUT2D eigenvalue weighted by atomic mass is 9.79. The van der Waals surface area contributed by atoms with Gasteiger partial charge in [-0.15, -0.1) is 11.3 Å². The molecular weight excluding hydrogens is 352 g/mol. The number of thiophene rings is 1. The maximum absolute atomic E-state index is 12.9. The van der Waals surface area contributed by atoms with Gasteiger partial charge in [-0.2, -0.15) is 4.68 Å². The highest BCUT2D eigenvalue weighted by Crippen LogP contribution is 2.42. The molecule has 130 valence electrons. The maximum Gasteiger partial charge on any atom is 0.490 e. The second-order valence-electron chi connectivity index (χ2n) is 6.00. The largest absolute Gasteiger partial charge is 0.490 e. The smallest absolute Gasteiger partial charge is 0.390 e. The zero-order valence-corrected chi connectivity index (χ0v) is 14.4. The number of carbonyl (C=O) groups is 1. The average Bonchev–Trinajstić information content (AvgIpc) is 3.34. The van der Waals surface area contributed by atoms with Gasteiger partial charge in [0.25, 0.3) is 0 Å². The zero-order chi connectivity index (χ0) is 18.1. The monoisotopic (exact) mass is 366 g/mol. The number of hydrogen-bond donors (Lipinski definition) is 0. The van der Waals surface area contributed by atoms with E-state index in [1.165, 1.54) is 11.0 Å². The van der Waals surface area contributed by atoms with Gasteiger partial charge in [-0.25, -0.2) is 0 Å². The number of nitro groups is 1. The summed E-state index contributed by atoms with van der Waals surface area (Å²) in [6.07, 6.45) is 3.54. The van der Waals surface area contributed by atoms with E-state index in [0.29, 0.717) is 6.42 Å². The lowest BCUT2D eigenvalue weighted by molar-refractivity contribution is -0.394. The minimum Gasteiger partial charge on any atom is -0.390 e. The van der Waals surface area contributed by atoms with Crippen LogP contribution in [0.4, 0.5) is 5.95 Å². The highest BCUT2D eigenvalue weighted by atomic mass is 32.1. The lowest BCUT2D eigenvalue weighted by Gasteiger charge is -2.29. The Morgan fingerprint density at radius 2 is 2.00 bits per heavy atom. The normalized spacial score (nSPS) is 20.0. The molecule has 2 heterocycles.